The van der Waals surface area contributed by atoms with Gasteiger partial charge in [-0.05, 0) is 360 Å². The molecule has 7 aromatic rings. The first-order valence-electron chi connectivity index (χ1n) is 52.9. The van der Waals surface area contributed by atoms with Gasteiger partial charge in [0.25, 0.3) is 5.91 Å². The number of amides is 2. The van der Waals surface area contributed by atoms with Crippen LogP contribution in [0.25, 0.3) is 0 Å². The molecule has 1 N–H and O–H groups in total. The van der Waals surface area contributed by atoms with E-state index in [0.29, 0.717) is 5.41 Å². The van der Waals surface area contributed by atoms with Gasteiger partial charge >= 0.3 is 6.09 Å². The molecule has 17 aliphatic rings. The maximum atomic E-state index is 11.6. The number of pyridine rings is 3. The van der Waals surface area contributed by atoms with Gasteiger partial charge in [-0.3, -0.25) is 24.6 Å². The van der Waals surface area contributed by atoms with Crippen molar-refractivity contribution in [2.45, 2.75) is 365 Å². The van der Waals surface area contributed by atoms with Crippen molar-refractivity contribution in [3.63, 3.8) is 0 Å². The number of benzene rings is 4. The number of aromatic nitrogens is 3. The molecule has 6 heterocycles. The van der Waals surface area contributed by atoms with E-state index in [1.54, 1.807) is 38.5 Å². The molecule has 2 saturated heterocycles. The fourth-order valence-corrected chi connectivity index (χ4v) is 21.7. The van der Waals surface area contributed by atoms with Gasteiger partial charge in [0.2, 0.25) is 0 Å². The number of nitrogens with zero attached hydrogens (tertiary/aromatic N) is 5. The van der Waals surface area contributed by atoms with Crippen LogP contribution < -0.4 is 10.1 Å². The largest absolute Gasteiger partial charge is 0.481 e. The van der Waals surface area contributed by atoms with E-state index in [-0.39, 0.29) is 24.2 Å². The Morgan fingerprint density at radius 1 is 0.392 bits per heavy atom. The van der Waals surface area contributed by atoms with Crippen LogP contribution in [0.4, 0.5) is 10.5 Å². The number of anilines is 1. The monoisotopic (exact) mass is 1770 g/mol. The first-order chi connectivity index (χ1) is 62.3. The molecule has 4 aromatic carbocycles. The highest BCUT2D eigenvalue weighted by Crippen LogP contribution is 2.60. The van der Waals surface area contributed by atoms with Crippen molar-refractivity contribution < 1.29 is 19.1 Å². The number of nitrogens with one attached hydrogen (secondary N) is 1. The molecule has 3 aliphatic heterocycles. The zero-order chi connectivity index (χ0) is 92.9. The second kappa shape index (κ2) is 51.0. The maximum absolute atomic E-state index is 11.6. The molecule has 1 unspecified atom stereocenters. The predicted octanol–water partition coefficient (Wildman–Crippen LogP) is 32.4. The number of hydrogen-bond donors (Lipinski definition) is 1. The van der Waals surface area contributed by atoms with Crippen LogP contribution in [-0.2, 0) is 16.1 Å². The van der Waals surface area contributed by atoms with Gasteiger partial charge in [-0.15, -0.1) is 0 Å². The van der Waals surface area contributed by atoms with E-state index in [2.05, 4.69) is 269 Å². The molecule has 14 saturated carbocycles. The van der Waals surface area contributed by atoms with Crippen LogP contribution >= 0.6 is 0 Å². The van der Waals surface area contributed by atoms with Crippen molar-refractivity contribution in [3.05, 3.63) is 222 Å². The Labute approximate surface area is 793 Å². The Balaban J connectivity index is 0.000000138. The standard InChI is InChI=1S/C15H20N2O2.C11H21NO2.C11H18.C11H22.3C10H12.3C9H11N.C6H12.C5H10.C4H8/c1-11-4-3-7-17(8-11)9-12-5-2-6-13-15(12)19-10-14(18)16-13;1-9-5-7-12(8-6-9)10(13)14-11(2,3)4;1-11-5-8-2-9(6-11)4-10(3-8)7-11;1-9-5-7-10(8-6-9)11(2,3)4;3*1-8-7-10(8)9-5-3-2-4-6-9;3*1-7-6-9(7)8-2-4-10-5-3-8;1-6-4-2-3-5-6;1-5-3-2-4-5;1-4-2-3-4/h2,5-6,11H,3-4,7-10H2,1H3,(H,16,18);9H,5-8H2,1-4H3;8-10H,2-7H2,1H3;9-10H,5-8H2,1-4H3;3*2-6,8,10H,7H2,1H3;3*2-5,7,9H,6H2,1H3;6H,2-5H2,1H3;5H,2-4H2,1H3;4H,2-3H2,1H3/t;;;;8-,10+;2*8-,10-;7-,9+;2*7-,9-;;;/m....110110.../s1. The van der Waals surface area contributed by atoms with Gasteiger partial charge in [0.15, 0.2) is 6.61 Å². The van der Waals surface area contributed by atoms with Crippen LogP contribution in [0.1, 0.15) is 392 Å². The molecule has 714 valence electrons. The highest BCUT2D eigenvalue weighted by Gasteiger charge is 2.48. The summed E-state index contributed by atoms with van der Waals surface area (Å²) < 4.78 is 10.9. The third kappa shape index (κ3) is 37.2. The molecule has 24 rings (SSSR count). The summed E-state index contributed by atoms with van der Waals surface area (Å²) in [5, 5.41) is 2.86. The topological polar surface area (TPSA) is 110 Å². The van der Waals surface area contributed by atoms with E-state index >= 15 is 0 Å². The van der Waals surface area contributed by atoms with Crippen molar-refractivity contribution in [1.82, 2.24) is 24.8 Å². The van der Waals surface area contributed by atoms with Crippen molar-refractivity contribution in [3.8, 4) is 5.75 Å². The lowest BCUT2D eigenvalue weighted by Gasteiger charge is -2.55. The highest BCUT2D eigenvalue weighted by atomic mass is 16.6. The van der Waals surface area contributed by atoms with Crippen LogP contribution in [0.2, 0.25) is 0 Å². The molecule has 130 heavy (non-hydrogen) atoms. The molecule has 4 bridgehead atoms. The Morgan fingerprint density at radius 3 is 1.02 bits per heavy atom. The maximum Gasteiger partial charge on any atom is 0.410 e. The first-order valence-corrected chi connectivity index (χ1v) is 52.9. The minimum atomic E-state index is -0.375. The van der Waals surface area contributed by atoms with Gasteiger partial charge in [-0.2, -0.15) is 0 Å². The quantitative estimate of drug-likeness (QED) is 0.160. The lowest BCUT2D eigenvalue weighted by molar-refractivity contribution is -0.118. The molecular weight excluding hydrogens is 1590 g/mol. The van der Waals surface area contributed by atoms with Gasteiger partial charge in [-0.25, -0.2) is 4.79 Å². The SMILES string of the molecule is CC12CC3CC(CC(C3)C1)C2.CC1CC1.CC1CCC(C(C)(C)C)CC1.CC1CCC1.CC1CCCC1.CC1CCCN(Cc2cccc3c2OCC(=O)N3)C1.CC1CCN(C(=O)OC(C)(C)C)CC1.C[C@@H]1C[C@@H]1c1ccccc1.C[C@@H]1C[C@@H]1c1ccncc1.C[C@@H]1C[C@H]1c1ccccc1.C[C@@H]1C[C@H]1c1ccncc1.C[C@H]1C[C@@H]1c1ccccc1.C[C@H]1C[C@@H]1c1ccncc1. The number of fused-ring (bicyclic) bond motifs is 1. The minimum absolute atomic E-state index is 0.0729. The molecule has 16 fully saturated rings. The lowest BCUT2D eigenvalue weighted by Crippen LogP contribution is -2.44. The van der Waals surface area contributed by atoms with Gasteiger partial charge in [-0.1, -0.05) is 285 Å². The van der Waals surface area contributed by atoms with Crippen molar-refractivity contribution in [1.29, 1.82) is 0 Å². The summed E-state index contributed by atoms with van der Waals surface area (Å²) in [7, 11) is 0. The molecule has 2 amide bonds. The van der Waals surface area contributed by atoms with Gasteiger partial charge < -0.3 is 19.7 Å². The second-order valence-corrected chi connectivity index (χ2v) is 46.9. The summed E-state index contributed by atoms with van der Waals surface area (Å²) in [4.78, 5) is 39.2. The van der Waals surface area contributed by atoms with E-state index in [1.807, 2.05) is 75.0 Å². The summed E-state index contributed by atoms with van der Waals surface area (Å²) in [6, 6.07) is 51.1. The normalized spacial score (nSPS) is 30.4. The minimum Gasteiger partial charge on any atom is -0.481 e. The summed E-state index contributed by atoms with van der Waals surface area (Å²) in [6.07, 6.45) is 52.9. The number of piperidine rings is 2. The van der Waals surface area contributed by atoms with Crippen LogP contribution in [0, 0.1) is 106 Å². The Bertz CT molecular complexity index is 3880. The first kappa shape index (κ1) is 103. The van der Waals surface area contributed by atoms with E-state index in [0.717, 1.165) is 193 Å². The molecule has 14 aliphatic carbocycles. The Hall–Kier alpha value is -7.17. The zero-order valence-corrected chi connectivity index (χ0v) is 85.1. The number of carbonyl (C=O) groups is 2. The molecule has 3 aromatic heterocycles. The fraction of sp³-hybridized carbons (Fsp3) is 0.658. The molecule has 13 atom stereocenters. The van der Waals surface area contributed by atoms with Crippen LogP contribution in [0.5, 0.6) is 5.75 Å². The van der Waals surface area contributed by atoms with E-state index < -0.39 is 0 Å². The van der Waals surface area contributed by atoms with Crippen molar-refractivity contribution in [2.24, 2.45) is 106 Å². The van der Waals surface area contributed by atoms with E-state index in [4.69, 9.17) is 9.47 Å². The van der Waals surface area contributed by atoms with Crippen molar-refractivity contribution >= 4 is 17.7 Å². The van der Waals surface area contributed by atoms with E-state index in [9.17, 15) is 9.59 Å². The summed E-state index contributed by atoms with van der Waals surface area (Å²) >= 11 is 0. The van der Waals surface area contributed by atoms with Crippen LogP contribution in [-0.4, -0.2) is 75.1 Å². The van der Waals surface area contributed by atoms with Crippen LogP contribution in [0.3, 0.4) is 0 Å². The van der Waals surface area contributed by atoms with Gasteiger partial charge in [0.05, 0.1) is 5.69 Å². The highest BCUT2D eigenvalue weighted by molar-refractivity contribution is 5.95. The number of para-hydroxylation sites is 1. The summed E-state index contributed by atoms with van der Waals surface area (Å²) in [6.45, 7) is 48.1. The van der Waals surface area contributed by atoms with Gasteiger partial charge in [0.1, 0.15) is 11.4 Å². The third-order valence-corrected chi connectivity index (χ3v) is 31.5. The summed E-state index contributed by atoms with van der Waals surface area (Å²) in [5.41, 5.74) is 11.9. The molecule has 10 nitrogen and oxygen atoms in total. The third-order valence-electron chi connectivity index (χ3n) is 31.5. The van der Waals surface area contributed by atoms with Gasteiger partial charge in [0, 0.05) is 68.9 Å². The summed E-state index contributed by atoms with van der Waals surface area (Å²) in [5.74, 6) is 21.5. The van der Waals surface area contributed by atoms with Crippen LogP contribution in [0.15, 0.2) is 183 Å². The number of hydrogen-bond acceptors (Lipinski definition) is 8. The van der Waals surface area contributed by atoms with E-state index in [1.165, 1.54) is 174 Å². The molecular formula is C120H180N6O4. The number of likely N-dealkylation sites (tertiary alicyclic amines) is 2. The van der Waals surface area contributed by atoms with Crippen molar-refractivity contribution in [2.75, 3.05) is 38.1 Å². The fourth-order valence-electron chi connectivity index (χ4n) is 21.7. The molecule has 0 radical (unpaired) electrons. The Kier molecular flexibility index (Phi) is 40.5. The lowest BCUT2D eigenvalue weighted by atomic mass is 9.50. The smallest absolute Gasteiger partial charge is 0.410 e. The average Bonchev–Trinajstić information content (AvgIpc) is 1.75. The zero-order valence-electron chi connectivity index (χ0n) is 85.1. The number of ether oxygens (including phenoxy) is 2. The Morgan fingerprint density at radius 2 is 0.723 bits per heavy atom. The average molecular weight is 1770 g/mol. The predicted molar refractivity (Wildman–Crippen MR) is 548 cm³/mol. The molecule has 10 heteroatoms. The molecule has 0 spiro atoms. The number of rotatable bonds is 8. The second-order valence-electron chi connectivity index (χ2n) is 46.9. The number of carbonyl (C=O) groups excluding carboxylic acids is 2.